The summed E-state index contributed by atoms with van der Waals surface area (Å²) in [5, 5.41) is 5.07. The van der Waals surface area contributed by atoms with E-state index in [2.05, 4.69) is 182 Å². The van der Waals surface area contributed by atoms with Gasteiger partial charge in [-0.15, -0.1) is 0 Å². The highest BCUT2D eigenvalue weighted by molar-refractivity contribution is 6.21. The van der Waals surface area contributed by atoms with Gasteiger partial charge in [0.15, 0.2) is 0 Å². The zero-order valence-corrected chi connectivity index (χ0v) is 24.3. The minimum Gasteiger partial charge on any atom is -0.0622 e. The molecule has 0 spiro atoms. The van der Waals surface area contributed by atoms with E-state index >= 15 is 0 Å². The molecule has 206 valence electrons. The van der Waals surface area contributed by atoms with Crippen LogP contribution in [0.15, 0.2) is 182 Å². The number of hydrogen-bond donors (Lipinski definition) is 0. The summed E-state index contributed by atoms with van der Waals surface area (Å²) < 4.78 is 0. The quantitative estimate of drug-likeness (QED) is 0.184. The van der Waals surface area contributed by atoms with E-state index in [1.807, 2.05) is 0 Å². The van der Waals surface area contributed by atoms with Gasteiger partial charge in [-0.2, -0.15) is 0 Å². The van der Waals surface area contributed by atoms with Crippen molar-refractivity contribution in [3.63, 3.8) is 0 Å². The molecule has 0 fully saturated rings. The van der Waals surface area contributed by atoms with Gasteiger partial charge in [0.2, 0.25) is 0 Å². The molecule has 0 N–H and O–H groups in total. The summed E-state index contributed by atoms with van der Waals surface area (Å²) in [4.78, 5) is 0. The number of benzene rings is 8. The fourth-order valence-corrected chi connectivity index (χ4v) is 6.58. The third-order valence-electron chi connectivity index (χ3n) is 8.67. The first kappa shape index (κ1) is 25.9. The summed E-state index contributed by atoms with van der Waals surface area (Å²) in [6.07, 6.45) is 0. The Labute approximate surface area is 258 Å². The Balaban J connectivity index is 1.30. The monoisotopic (exact) mass is 558 g/mol. The molecule has 44 heavy (non-hydrogen) atoms. The lowest BCUT2D eigenvalue weighted by Gasteiger charge is -2.18. The molecule has 0 atom stereocenters. The van der Waals surface area contributed by atoms with Gasteiger partial charge in [-0.25, -0.2) is 0 Å². The smallest absolute Gasteiger partial charge is 0.00262 e. The lowest BCUT2D eigenvalue weighted by molar-refractivity contribution is 1.58. The standard InChI is InChI=1S/C44H30/c1-3-13-31(14-4-1)33-25-27-34(28-26-33)36-18-12-20-38(30-36)44-41-23-9-7-21-39(41)43(40-22-8-10-24-42(40)44)37-19-11-17-35(29-37)32-15-5-2-6-16-32/h1-30H. The van der Waals surface area contributed by atoms with Crippen LogP contribution in [0.1, 0.15) is 0 Å². The maximum absolute atomic E-state index is 2.35. The van der Waals surface area contributed by atoms with E-state index in [1.165, 1.54) is 77.2 Å². The Kier molecular flexibility index (Phi) is 6.59. The molecule has 8 aromatic rings. The fourth-order valence-electron chi connectivity index (χ4n) is 6.58. The second-order valence-electron chi connectivity index (χ2n) is 11.3. The summed E-state index contributed by atoms with van der Waals surface area (Å²) >= 11 is 0. The predicted molar refractivity (Wildman–Crippen MR) is 189 cm³/mol. The molecule has 0 aliphatic heterocycles. The molecule has 0 heterocycles. The Hall–Kier alpha value is -5.72. The molecule has 8 aromatic carbocycles. The second kappa shape index (κ2) is 11.2. The van der Waals surface area contributed by atoms with Gasteiger partial charge < -0.3 is 0 Å². The van der Waals surface area contributed by atoms with Crippen molar-refractivity contribution in [3.8, 4) is 55.6 Å². The Morgan fingerprint density at radius 1 is 0.182 bits per heavy atom. The van der Waals surface area contributed by atoms with Crippen molar-refractivity contribution in [1.29, 1.82) is 0 Å². The van der Waals surface area contributed by atoms with Crippen LogP contribution in [0.5, 0.6) is 0 Å². The lowest BCUT2D eigenvalue weighted by Crippen LogP contribution is -1.91. The van der Waals surface area contributed by atoms with E-state index in [4.69, 9.17) is 0 Å². The van der Waals surface area contributed by atoms with Crippen LogP contribution >= 0.6 is 0 Å². The highest BCUT2D eigenvalue weighted by atomic mass is 14.2. The van der Waals surface area contributed by atoms with Crippen molar-refractivity contribution < 1.29 is 0 Å². The van der Waals surface area contributed by atoms with Crippen LogP contribution in [-0.2, 0) is 0 Å². The average Bonchev–Trinajstić information content (AvgIpc) is 3.11. The molecule has 0 aliphatic rings. The Morgan fingerprint density at radius 3 is 0.864 bits per heavy atom. The highest BCUT2D eigenvalue weighted by Crippen LogP contribution is 2.44. The second-order valence-corrected chi connectivity index (χ2v) is 11.3. The molecular weight excluding hydrogens is 528 g/mol. The zero-order valence-electron chi connectivity index (χ0n) is 24.3. The minimum absolute atomic E-state index is 1.22. The van der Waals surface area contributed by atoms with Crippen LogP contribution < -0.4 is 0 Å². The van der Waals surface area contributed by atoms with E-state index in [-0.39, 0.29) is 0 Å². The highest BCUT2D eigenvalue weighted by Gasteiger charge is 2.17. The normalized spacial score (nSPS) is 11.2. The van der Waals surface area contributed by atoms with Crippen molar-refractivity contribution >= 4 is 21.5 Å². The van der Waals surface area contributed by atoms with Gasteiger partial charge in [-0.3, -0.25) is 0 Å². The summed E-state index contributed by atoms with van der Waals surface area (Å²) in [5.41, 5.74) is 12.4. The van der Waals surface area contributed by atoms with Gasteiger partial charge in [0.25, 0.3) is 0 Å². The van der Waals surface area contributed by atoms with Crippen LogP contribution in [0.3, 0.4) is 0 Å². The maximum Gasteiger partial charge on any atom is -0.00262 e. The molecule has 0 aliphatic carbocycles. The molecule has 0 amide bonds. The molecule has 0 saturated carbocycles. The van der Waals surface area contributed by atoms with Crippen LogP contribution in [0.25, 0.3) is 77.2 Å². The van der Waals surface area contributed by atoms with Gasteiger partial charge in [-0.05, 0) is 89.3 Å². The summed E-state index contributed by atoms with van der Waals surface area (Å²) in [6, 6.07) is 65.9. The molecule has 0 unspecified atom stereocenters. The molecule has 0 bridgehead atoms. The first-order chi connectivity index (χ1) is 21.8. The molecule has 0 aromatic heterocycles. The third-order valence-corrected chi connectivity index (χ3v) is 8.67. The van der Waals surface area contributed by atoms with Crippen molar-refractivity contribution in [1.82, 2.24) is 0 Å². The summed E-state index contributed by atoms with van der Waals surface area (Å²) in [5.74, 6) is 0. The van der Waals surface area contributed by atoms with Crippen molar-refractivity contribution in [2.45, 2.75) is 0 Å². The van der Waals surface area contributed by atoms with Gasteiger partial charge in [0, 0.05) is 0 Å². The first-order valence-corrected chi connectivity index (χ1v) is 15.2. The van der Waals surface area contributed by atoms with Crippen molar-refractivity contribution in [3.05, 3.63) is 182 Å². The Bertz CT molecular complexity index is 2180. The van der Waals surface area contributed by atoms with E-state index < -0.39 is 0 Å². The van der Waals surface area contributed by atoms with Crippen molar-refractivity contribution in [2.75, 3.05) is 0 Å². The molecule has 0 radical (unpaired) electrons. The minimum atomic E-state index is 1.22. The summed E-state index contributed by atoms with van der Waals surface area (Å²) in [6.45, 7) is 0. The zero-order chi connectivity index (χ0) is 29.3. The SMILES string of the molecule is c1ccc(-c2ccc(-c3cccc(-c4c5ccccc5c(-c5cccc(-c6ccccc6)c5)c5ccccc45)c3)cc2)cc1. The predicted octanol–water partition coefficient (Wildman–Crippen LogP) is 12.3. The van der Waals surface area contributed by atoms with Crippen LogP contribution in [0.4, 0.5) is 0 Å². The van der Waals surface area contributed by atoms with E-state index in [9.17, 15) is 0 Å². The molecule has 0 saturated heterocycles. The molecule has 0 heteroatoms. The van der Waals surface area contributed by atoms with Crippen molar-refractivity contribution in [2.24, 2.45) is 0 Å². The largest absolute Gasteiger partial charge is 0.0622 e. The van der Waals surface area contributed by atoms with Gasteiger partial charge in [0.1, 0.15) is 0 Å². The Morgan fingerprint density at radius 2 is 0.455 bits per heavy atom. The third kappa shape index (κ3) is 4.68. The van der Waals surface area contributed by atoms with E-state index in [0.717, 1.165) is 0 Å². The first-order valence-electron chi connectivity index (χ1n) is 15.2. The van der Waals surface area contributed by atoms with Gasteiger partial charge in [0.05, 0.1) is 0 Å². The van der Waals surface area contributed by atoms with Crippen LogP contribution in [-0.4, -0.2) is 0 Å². The summed E-state index contributed by atoms with van der Waals surface area (Å²) in [7, 11) is 0. The van der Waals surface area contributed by atoms with E-state index in [0.29, 0.717) is 0 Å². The maximum atomic E-state index is 2.35. The number of hydrogen-bond acceptors (Lipinski definition) is 0. The number of rotatable bonds is 5. The average molecular weight is 559 g/mol. The molecular formula is C44H30. The lowest BCUT2D eigenvalue weighted by atomic mass is 9.85. The van der Waals surface area contributed by atoms with Crippen LogP contribution in [0, 0.1) is 0 Å². The fraction of sp³-hybridized carbons (Fsp3) is 0. The molecule has 8 rings (SSSR count). The van der Waals surface area contributed by atoms with E-state index in [1.54, 1.807) is 0 Å². The van der Waals surface area contributed by atoms with Gasteiger partial charge in [-0.1, -0.05) is 170 Å². The van der Waals surface area contributed by atoms with Crippen LogP contribution in [0.2, 0.25) is 0 Å². The van der Waals surface area contributed by atoms with Gasteiger partial charge >= 0.3 is 0 Å². The number of fused-ring (bicyclic) bond motifs is 2. The molecule has 0 nitrogen and oxygen atoms in total. The topological polar surface area (TPSA) is 0 Å².